The number of hydrogen-bond donors (Lipinski definition) is 1. The molecule has 1 aromatic rings. The molecule has 3 heteroatoms. The molecule has 1 rings (SSSR count). The van der Waals surface area contributed by atoms with E-state index in [1.807, 2.05) is 32.9 Å². The summed E-state index contributed by atoms with van der Waals surface area (Å²) in [5.74, 6) is 0.214. The van der Waals surface area contributed by atoms with E-state index in [2.05, 4.69) is 0 Å². The van der Waals surface area contributed by atoms with E-state index in [0.29, 0.717) is 6.54 Å². The summed E-state index contributed by atoms with van der Waals surface area (Å²) in [6.45, 7) is 6.47. The molecular weight excluding hydrogens is 194 g/mol. The molecule has 0 amide bonds. The van der Waals surface area contributed by atoms with E-state index >= 15 is 0 Å². The molecule has 0 saturated heterocycles. The predicted octanol–water partition coefficient (Wildman–Crippen LogP) is 2.48. The Morgan fingerprint density at radius 1 is 1.43 bits per heavy atom. The number of rotatable bonds is 3. The molecule has 0 aromatic carbocycles. The van der Waals surface area contributed by atoms with Crippen LogP contribution in [0, 0.1) is 5.41 Å². The van der Waals surface area contributed by atoms with Crippen LogP contribution < -0.4 is 5.73 Å². The quantitative estimate of drug-likeness (QED) is 0.780. The zero-order chi connectivity index (χ0) is 10.8. The molecule has 2 N–H and O–H groups in total. The topological polar surface area (TPSA) is 43.1 Å². The third-order valence-electron chi connectivity index (χ3n) is 1.96. The third kappa shape index (κ3) is 2.66. The Morgan fingerprint density at radius 3 is 2.57 bits per heavy atom. The highest BCUT2D eigenvalue weighted by Gasteiger charge is 2.23. The summed E-state index contributed by atoms with van der Waals surface area (Å²) in [5, 5.41) is 0. The Bertz CT molecular complexity index is 322. The molecule has 0 atom stereocenters. The zero-order valence-corrected chi connectivity index (χ0v) is 9.78. The van der Waals surface area contributed by atoms with Crippen molar-refractivity contribution in [2.24, 2.45) is 11.1 Å². The van der Waals surface area contributed by atoms with Gasteiger partial charge in [0.1, 0.15) is 0 Å². The van der Waals surface area contributed by atoms with Gasteiger partial charge in [-0.15, -0.1) is 11.3 Å². The minimum Gasteiger partial charge on any atom is -0.330 e. The zero-order valence-electron chi connectivity index (χ0n) is 8.96. The standard InChI is InChI=1S/C11H17NOS/c1-11(2,3)10(13)9-5-4-8(14-9)6-7-12/h4-5H,6-7,12H2,1-3H3. The average Bonchev–Trinajstić information content (AvgIpc) is 2.50. The Labute approximate surface area is 89.1 Å². The predicted molar refractivity (Wildman–Crippen MR) is 60.9 cm³/mol. The van der Waals surface area contributed by atoms with Crippen LogP contribution in [0.5, 0.6) is 0 Å². The van der Waals surface area contributed by atoms with Crippen molar-refractivity contribution in [1.82, 2.24) is 0 Å². The summed E-state index contributed by atoms with van der Waals surface area (Å²) in [4.78, 5) is 13.9. The Morgan fingerprint density at radius 2 is 2.07 bits per heavy atom. The second-order valence-corrected chi connectivity index (χ2v) is 5.55. The SMILES string of the molecule is CC(C)(C)C(=O)c1ccc(CCN)s1. The van der Waals surface area contributed by atoms with Crippen LogP contribution in [0.2, 0.25) is 0 Å². The van der Waals surface area contributed by atoms with E-state index in [-0.39, 0.29) is 11.2 Å². The minimum absolute atomic E-state index is 0.214. The molecule has 14 heavy (non-hydrogen) atoms. The Balaban J connectivity index is 2.82. The molecular formula is C11H17NOS. The summed E-state index contributed by atoms with van der Waals surface area (Å²) >= 11 is 1.56. The van der Waals surface area contributed by atoms with Gasteiger partial charge < -0.3 is 5.73 Å². The summed E-state index contributed by atoms with van der Waals surface area (Å²) in [6, 6.07) is 3.90. The van der Waals surface area contributed by atoms with Crippen molar-refractivity contribution in [2.45, 2.75) is 27.2 Å². The monoisotopic (exact) mass is 211 g/mol. The van der Waals surface area contributed by atoms with E-state index < -0.39 is 0 Å². The van der Waals surface area contributed by atoms with Crippen LogP contribution in [0.1, 0.15) is 35.3 Å². The summed E-state index contributed by atoms with van der Waals surface area (Å²) in [6.07, 6.45) is 0.863. The lowest BCUT2D eigenvalue weighted by Crippen LogP contribution is -2.18. The third-order valence-corrected chi connectivity index (χ3v) is 3.10. The van der Waals surface area contributed by atoms with Crippen molar-refractivity contribution >= 4 is 17.1 Å². The van der Waals surface area contributed by atoms with Crippen molar-refractivity contribution in [3.8, 4) is 0 Å². The minimum atomic E-state index is -0.287. The molecule has 0 fully saturated rings. The first-order valence-electron chi connectivity index (χ1n) is 4.78. The molecule has 0 aliphatic carbocycles. The summed E-state index contributed by atoms with van der Waals surface area (Å²) < 4.78 is 0. The molecule has 0 spiro atoms. The van der Waals surface area contributed by atoms with Crippen molar-refractivity contribution in [1.29, 1.82) is 0 Å². The smallest absolute Gasteiger partial charge is 0.178 e. The fourth-order valence-electron chi connectivity index (χ4n) is 1.15. The number of Topliss-reactive ketones (excluding diaryl/α,β-unsaturated/α-hetero) is 1. The lowest BCUT2D eigenvalue weighted by Gasteiger charge is -2.14. The number of nitrogens with two attached hydrogens (primary N) is 1. The number of carbonyl (C=O) groups is 1. The van der Waals surface area contributed by atoms with Crippen LogP contribution in [0.15, 0.2) is 12.1 Å². The Kier molecular flexibility index (Phi) is 3.45. The first kappa shape index (κ1) is 11.4. The maximum absolute atomic E-state index is 11.9. The fourth-order valence-corrected chi connectivity index (χ4v) is 2.32. The first-order chi connectivity index (χ1) is 6.45. The molecule has 0 radical (unpaired) electrons. The maximum Gasteiger partial charge on any atom is 0.178 e. The number of thiophene rings is 1. The van der Waals surface area contributed by atoms with E-state index in [1.165, 1.54) is 4.88 Å². The number of hydrogen-bond acceptors (Lipinski definition) is 3. The first-order valence-corrected chi connectivity index (χ1v) is 5.60. The molecule has 0 unspecified atom stereocenters. The highest BCUT2D eigenvalue weighted by molar-refractivity contribution is 7.14. The second-order valence-electron chi connectivity index (χ2n) is 4.38. The lowest BCUT2D eigenvalue weighted by molar-refractivity contribution is 0.0863. The van der Waals surface area contributed by atoms with Gasteiger partial charge >= 0.3 is 0 Å². The van der Waals surface area contributed by atoms with Crippen LogP contribution in [-0.2, 0) is 6.42 Å². The normalized spacial score (nSPS) is 11.7. The van der Waals surface area contributed by atoms with Gasteiger partial charge in [0.2, 0.25) is 0 Å². The highest BCUT2D eigenvalue weighted by Crippen LogP contribution is 2.26. The van der Waals surface area contributed by atoms with Gasteiger partial charge in [-0.1, -0.05) is 20.8 Å². The average molecular weight is 211 g/mol. The van der Waals surface area contributed by atoms with E-state index in [1.54, 1.807) is 11.3 Å². The molecule has 0 bridgehead atoms. The van der Waals surface area contributed by atoms with Gasteiger partial charge in [-0.2, -0.15) is 0 Å². The van der Waals surface area contributed by atoms with Crippen molar-refractivity contribution in [3.05, 3.63) is 21.9 Å². The van der Waals surface area contributed by atoms with Crippen LogP contribution in [0.4, 0.5) is 0 Å². The number of carbonyl (C=O) groups excluding carboxylic acids is 1. The van der Waals surface area contributed by atoms with E-state index in [9.17, 15) is 4.79 Å². The summed E-state index contributed by atoms with van der Waals surface area (Å²) in [7, 11) is 0. The van der Waals surface area contributed by atoms with Crippen molar-refractivity contribution in [2.75, 3.05) is 6.54 Å². The van der Waals surface area contributed by atoms with Gasteiger partial charge in [-0.05, 0) is 25.1 Å². The van der Waals surface area contributed by atoms with Gasteiger partial charge in [0.05, 0.1) is 4.88 Å². The molecule has 2 nitrogen and oxygen atoms in total. The second kappa shape index (κ2) is 4.24. The molecule has 0 saturated carbocycles. The molecule has 1 aromatic heterocycles. The van der Waals surface area contributed by atoms with Gasteiger partial charge in [-0.25, -0.2) is 0 Å². The van der Waals surface area contributed by atoms with Gasteiger partial charge in [0.15, 0.2) is 5.78 Å². The van der Waals surface area contributed by atoms with Gasteiger partial charge in [0, 0.05) is 10.3 Å². The molecule has 78 valence electrons. The van der Waals surface area contributed by atoms with Crippen LogP contribution in [-0.4, -0.2) is 12.3 Å². The molecule has 0 aliphatic rings. The highest BCUT2D eigenvalue weighted by atomic mass is 32.1. The van der Waals surface area contributed by atoms with Gasteiger partial charge in [-0.3, -0.25) is 4.79 Å². The van der Waals surface area contributed by atoms with Crippen LogP contribution in [0.25, 0.3) is 0 Å². The largest absolute Gasteiger partial charge is 0.330 e. The number of ketones is 1. The fraction of sp³-hybridized carbons (Fsp3) is 0.545. The van der Waals surface area contributed by atoms with E-state index in [4.69, 9.17) is 5.73 Å². The molecule has 1 heterocycles. The van der Waals surface area contributed by atoms with Gasteiger partial charge in [0.25, 0.3) is 0 Å². The summed E-state index contributed by atoms with van der Waals surface area (Å²) in [5.41, 5.74) is 5.17. The maximum atomic E-state index is 11.9. The van der Waals surface area contributed by atoms with Crippen LogP contribution >= 0.6 is 11.3 Å². The lowest BCUT2D eigenvalue weighted by atomic mass is 9.90. The van der Waals surface area contributed by atoms with Crippen molar-refractivity contribution < 1.29 is 4.79 Å². The molecule has 0 aliphatic heterocycles. The van der Waals surface area contributed by atoms with Crippen molar-refractivity contribution in [3.63, 3.8) is 0 Å². The van der Waals surface area contributed by atoms with E-state index in [0.717, 1.165) is 11.3 Å². The Hall–Kier alpha value is -0.670. The van der Waals surface area contributed by atoms with Crippen LogP contribution in [0.3, 0.4) is 0 Å².